The van der Waals surface area contributed by atoms with Gasteiger partial charge in [0.15, 0.2) is 0 Å². The Labute approximate surface area is 224 Å². The highest BCUT2D eigenvalue weighted by Gasteiger charge is 2.22. The van der Waals surface area contributed by atoms with Crippen LogP contribution in [0.15, 0.2) is 95.2 Å². The molecule has 0 aliphatic carbocycles. The molecule has 0 radical (unpaired) electrons. The topological polar surface area (TPSA) is 44.5 Å². The fraction of sp³-hybridized carbons (Fsp3) is 0.265. The van der Waals surface area contributed by atoms with Crippen molar-refractivity contribution in [1.29, 1.82) is 0 Å². The molecular formula is C34H35NO3. The van der Waals surface area contributed by atoms with Gasteiger partial charge in [0.1, 0.15) is 17.3 Å². The number of aryl methyl sites for hydroxylation is 1. The van der Waals surface area contributed by atoms with Gasteiger partial charge in [0.2, 0.25) is 0 Å². The van der Waals surface area contributed by atoms with E-state index in [0.717, 1.165) is 62.9 Å². The smallest absolute Gasteiger partial charge is 0.145 e. The number of benzene rings is 3. The molecule has 0 saturated heterocycles. The van der Waals surface area contributed by atoms with Crippen LogP contribution in [-0.4, -0.2) is 18.2 Å². The summed E-state index contributed by atoms with van der Waals surface area (Å²) in [7, 11) is 1.70. The summed E-state index contributed by atoms with van der Waals surface area (Å²) in [6, 6.07) is 25.5. The number of nitrogens with zero attached hydrogens (tertiary/aromatic N) is 1. The van der Waals surface area contributed by atoms with Crippen molar-refractivity contribution < 1.29 is 13.9 Å². The summed E-state index contributed by atoms with van der Waals surface area (Å²) in [6.45, 7) is 8.23. The predicted molar refractivity (Wildman–Crippen MR) is 156 cm³/mol. The average Bonchev–Trinajstić information content (AvgIpc) is 3.31. The maximum atomic E-state index is 6.47. The first kappa shape index (κ1) is 25.7. The second kappa shape index (κ2) is 11.2. The highest BCUT2D eigenvalue weighted by molar-refractivity contribution is 6.10. The minimum Gasteiger partial charge on any atom is -0.491 e. The summed E-state index contributed by atoms with van der Waals surface area (Å²) < 4.78 is 18.2. The molecule has 194 valence electrons. The van der Waals surface area contributed by atoms with Gasteiger partial charge in [-0.3, -0.25) is 4.98 Å². The van der Waals surface area contributed by atoms with Gasteiger partial charge in [-0.15, -0.1) is 0 Å². The summed E-state index contributed by atoms with van der Waals surface area (Å²) in [5.41, 5.74) is 8.19. The Morgan fingerprint density at radius 2 is 1.74 bits per heavy atom. The number of hydrogen-bond donors (Lipinski definition) is 0. The summed E-state index contributed by atoms with van der Waals surface area (Å²) in [6.07, 6.45) is 5.85. The van der Waals surface area contributed by atoms with Crippen molar-refractivity contribution in [3.05, 3.63) is 102 Å². The highest BCUT2D eigenvalue weighted by atomic mass is 16.5. The maximum Gasteiger partial charge on any atom is 0.145 e. The predicted octanol–water partition coefficient (Wildman–Crippen LogP) is 9.28. The zero-order valence-corrected chi connectivity index (χ0v) is 22.8. The lowest BCUT2D eigenvalue weighted by Crippen LogP contribution is -2.05. The molecule has 5 aromatic rings. The Bertz CT molecular complexity index is 1580. The second-order valence-corrected chi connectivity index (χ2v) is 9.86. The number of ether oxygens (including phenoxy) is 2. The van der Waals surface area contributed by atoms with Crippen LogP contribution in [0.25, 0.3) is 44.3 Å². The van der Waals surface area contributed by atoms with E-state index in [1.165, 1.54) is 11.1 Å². The van der Waals surface area contributed by atoms with Gasteiger partial charge < -0.3 is 13.9 Å². The van der Waals surface area contributed by atoms with E-state index in [4.69, 9.17) is 18.9 Å². The molecule has 38 heavy (non-hydrogen) atoms. The van der Waals surface area contributed by atoms with E-state index in [9.17, 15) is 0 Å². The minimum absolute atomic E-state index is 0.0263. The minimum atomic E-state index is -0.221. The van der Waals surface area contributed by atoms with E-state index in [1.54, 1.807) is 7.11 Å². The zero-order valence-electron chi connectivity index (χ0n) is 22.8. The van der Waals surface area contributed by atoms with Crippen molar-refractivity contribution in [1.82, 2.24) is 4.98 Å². The van der Waals surface area contributed by atoms with Crippen molar-refractivity contribution >= 4 is 21.9 Å². The Morgan fingerprint density at radius 1 is 0.947 bits per heavy atom. The number of aromatic nitrogens is 1. The molecule has 0 saturated carbocycles. The number of pyridine rings is 1. The fourth-order valence-corrected chi connectivity index (χ4v) is 5.09. The van der Waals surface area contributed by atoms with Crippen LogP contribution < -0.4 is 0 Å². The fourth-order valence-electron chi connectivity index (χ4n) is 5.09. The van der Waals surface area contributed by atoms with Gasteiger partial charge in [-0.05, 0) is 68.2 Å². The van der Waals surface area contributed by atoms with Crippen LogP contribution in [0, 0.1) is 0 Å². The van der Waals surface area contributed by atoms with Crippen LogP contribution in [0.1, 0.15) is 51.3 Å². The molecular weight excluding hydrogens is 470 g/mol. The number of hydrogen-bond acceptors (Lipinski definition) is 4. The van der Waals surface area contributed by atoms with E-state index >= 15 is 0 Å². The molecule has 5 rings (SSSR count). The number of furan rings is 1. The molecule has 3 aromatic carbocycles. The molecule has 4 nitrogen and oxygen atoms in total. The van der Waals surface area contributed by atoms with Crippen molar-refractivity contribution in [2.24, 2.45) is 0 Å². The van der Waals surface area contributed by atoms with Crippen LogP contribution in [-0.2, 0) is 15.9 Å². The van der Waals surface area contributed by atoms with Crippen molar-refractivity contribution in [2.75, 3.05) is 7.11 Å². The standard InChI is InChI=1S/C34H35NO3/c1-6-9-25-12-14-26(15-13-25)27-18-19-35-31(21-27)33-28(24(4)37-23(3)20-22(2)36-5)16-17-30-29-10-7-8-11-32(29)38-34(30)33/h7-8,10-22,24H,6,9H2,1-5H3/b23-20-/t22?,24-/m0/s1. The summed E-state index contributed by atoms with van der Waals surface area (Å²) in [5, 5.41) is 2.17. The molecule has 0 aliphatic rings. The molecule has 2 aromatic heterocycles. The van der Waals surface area contributed by atoms with E-state index in [0.29, 0.717) is 0 Å². The lowest BCUT2D eigenvalue weighted by atomic mass is 9.95. The molecule has 2 atom stereocenters. The van der Waals surface area contributed by atoms with Crippen LogP contribution in [0.3, 0.4) is 0 Å². The van der Waals surface area contributed by atoms with E-state index in [2.05, 4.69) is 68.4 Å². The average molecular weight is 506 g/mol. The Balaban J connectivity index is 1.64. The number of fused-ring (bicyclic) bond motifs is 3. The molecule has 0 spiro atoms. The van der Waals surface area contributed by atoms with Gasteiger partial charge in [-0.1, -0.05) is 67.9 Å². The monoisotopic (exact) mass is 505 g/mol. The van der Waals surface area contributed by atoms with Gasteiger partial charge in [-0.2, -0.15) is 0 Å². The van der Waals surface area contributed by atoms with Crippen molar-refractivity contribution in [3.63, 3.8) is 0 Å². The van der Waals surface area contributed by atoms with Crippen LogP contribution in [0.2, 0.25) is 0 Å². The van der Waals surface area contributed by atoms with E-state index in [-0.39, 0.29) is 12.2 Å². The SMILES string of the molecule is CCCc1ccc(-c2ccnc(-c3c([C@H](C)O/C(C)=C\C(C)OC)ccc4c3oc3ccccc34)c2)cc1. The first-order valence-electron chi connectivity index (χ1n) is 13.4. The quantitative estimate of drug-likeness (QED) is 0.187. The highest BCUT2D eigenvalue weighted by Crippen LogP contribution is 2.41. The van der Waals surface area contributed by atoms with Crippen molar-refractivity contribution in [3.8, 4) is 22.4 Å². The van der Waals surface area contributed by atoms with Gasteiger partial charge in [0.25, 0.3) is 0 Å². The largest absolute Gasteiger partial charge is 0.491 e. The summed E-state index contributed by atoms with van der Waals surface area (Å²) in [4.78, 5) is 4.84. The lowest BCUT2D eigenvalue weighted by molar-refractivity contribution is 0.118. The Morgan fingerprint density at radius 3 is 2.50 bits per heavy atom. The molecule has 0 aliphatic heterocycles. The molecule has 0 fully saturated rings. The Kier molecular flexibility index (Phi) is 7.62. The second-order valence-electron chi connectivity index (χ2n) is 9.86. The summed E-state index contributed by atoms with van der Waals surface area (Å²) in [5.74, 6) is 0.816. The van der Waals surface area contributed by atoms with Gasteiger partial charge in [0.05, 0.1) is 23.1 Å². The van der Waals surface area contributed by atoms with E-state index in [1.807, 2.05) is 44.3 Å². The third kappa shape index (κ3) is 5.23. The summed E-state index contributed by atoms with van der Waals surface area (Å²) >= 11 is 0. The third-order valence-electron chi connectivity index (χ3n) is 7.06. The Hall–Kier alpha value is -3.89. The maximum absolute atomic E-state index is 6.47. The number of allylic oxidation sites excluding steroid dienone is 1. The molecule has 1 unspecified atom stereocenters. The van der Waals surface area contributed by atoms with Gasteiger partial charge >= 0.3 is 0 Å². The van der Waals surface area contributed by atoms with Gasteiger partial charge in [-0.25, -0.2) is 0 Å². The first-order chi connectivity index (χ1) is 18.5. The first-order valence-corrected chi connectivity index (χ1v) is 13.4. The number of rotatable bonds is 9. The normalized spacial score (nSPS) is 13.7. The van der Waals surface area contributed by atoms with Crippen LogP contribution in [0.5, 0.6) is 0 Å². The number of para-hydroxylation sites is 1. The molecule has 0 bridgehead atoms. The number of methoxy groups -OCH3 is 1. The zero-order chi connectivity index (χ0) is 26.6. The molecule has 2 heterocycles. The van der Waals surface area contributed by atoms with Crippen LogP contribution in [0.4, 0.5) is 0 Å². The molecule has 4 heteroatoms. The lowest BCUT2D eigenvalue weighted by Gasteiger charge is -2.20. The van der Waals surface area contributed by atoms with Gasteiger partial charge in [0, 0.05) is 29.6 Å². The van der Waals surface area contributed by atoms with Crippen molar-refractivity contribution in [2.45, 2.75) is 52.7 Å². The molecule has 0 N–H and O–H groups in total. The van der Waals surface area contributed by atoms with Crippen LogP contribution >= 0.6 is 0 Å². The molecule has 0 amide bonds. The van der Waals surface area contributed by atoms with E-state index < -0.39 is 0 Å². The third-order valence-corrected chi connectivity index (χ3v) is 7.06.